The Balaban J connectivity index is 3.16. The van der Waals surface area contributed by atoms with Crippen LogP contribution in [0.2, 0.25) is 0 Å². The van der Waals surface area contributed by atoms with Crippen molar-refractivity contribution in [3.8, 4) is 0 Å². The minimum absolute atomic E-state index is 0.139. The summed E-state index contributed by atoms with van der Waals surface area (Å²) in [6, 6.07) is 0. The third-order valence-corrected chi connectivity index (χ3v) is 4.28. The maximum absolute atomic E-state index is 10.6. The van der Waals surface area contributed by atoms with E-state index in [0.717, 1.165) is 12.8 Å². The summed E-state index contributed by atoms with van der Waals surface area (Å²) in [5, 5.41) is 18.0. The number of carboxylic acids is 1. The van der Waals surface area contributed by atoms with Crippen molar-refractivity contribution in [3.63, 3.8) is 0 Å². The summed E-state index contributed by atoms with van der Waals surface area (Å²) in [4.78, 5) is 10.6. The average Bonchev–Trinajstić information content (AvgIpc) is 2.47. The second kappa shape index (κ2) is 14.0. The minimum Gasteiger partial charge on any atom is -0.478 e. The molecule has 0 spiro atoms. The van der Waals surface area contributed by atoms with Gasteiger partial charge >= 0.3 is 5.97 Å². The molecule has 1 unspecified atom stereocenters. The van der Waals surface area contributed by atoms with Crippen LogP contribution in [-0.2, 0) is 4.79 Å². The van der Waals surface area contributed by atoms with E-state index in [-0.39, 0.29) is 6.42 Å². The molecule has 22 heavy (non-hydrogen) atoms. The number of aliphatic carboxylic acids is 1. The zero-order valence-electron chi connectivity index (χ0n) is 14.5. The highest BCUT2D eigenvalue weighted by atomic mass is 16.4. The van der Waals surface area contributed by atoms with E-state index in [1.54, 1.807) is 0 Å². The summed E-state index contributed by atoms with van der Waals surface area (Å²) in [7, 11) is 0. The Morgan fingerprint density at radius 2 is 1.09 bits per heavy atom. The van der Waals surface area contributed by atoms with Crippen LogP contribution in [0.15, 0.2) is 0 Å². The van der Waals surface area contributed by atoms with E-state index in [9.17, 15) is 9.90 Å². The molecule has 0 bridgehead atoms. The van der Waals surface area contributed by atoms with Gasteiger partial charge in [-0.25, -0.2) is 4.79 Å². The van der Waals surface area contributed by atoms with E-state index in [0.29, 0.717) is 6.42 Å². The maximum Gasteiger partial charge on any atom is 0.350 e. The zero-order valence-corrected chi connectivity index (χ0v) is 14.5. The largest absolute Gasteiger partial charge is 0.478 e. The third kappa shape index (κ3) is 13.1. The molecule has 0 fully saturated rings. The number of carbonyl (C=O) groups is 1. The first kappa shape index (κ1) is 21.4. The van der Waals surface area contributed by atoms with Crippen LogP contribution < -0.4 is 5.73 Å². The summed E-state index contributed by atoms with van der Waals surface area (Å²) >= 11 is 0. The molecular weight excluding hydrogens is 278 g/mol. The minimum atomic E-state index is -2.04. The Labute approximate surface area is 136 Å². The van der Waals surface area contributed by atoms with E-state index >= 15 is 0 Å². The van der Waals surface area contributed by atoms with Gasteiger partial charge < -0.3 is 10.2 Å². The standard InChI is InChI=1S/C18H37NO3/c1-2-3-4-5-6-7-8-9-10-11-12-13-14-15-16-18(19,22)17(20)21/h22H,2-16,19H2,1H3,(H,20,21). The molecule has 0 radical (unpaired) electrons. The van der Waals surface area contributed by atoms with Gasteiger partial charge in [-0.3, -0.25) is 5.73 Å². The summed E-state index contributed by atoms with van der Waals surface area (Å²) in [6.07, 6.45) is 17.6. The van der Waals surface area contributed by atoms with Gasteiger partial charge in [0.05, 0.1) is 0 Å². The number of nitrogens with two attached hydrogens (primary N) is 1. The van der Waals surface area contributed by atoms with Crippen molar-refractivity contribution >= 4 is 5.97 Å². The number of hydrogen-bond donors (Lipinski definition) is 3. The van der Waals surface area contributed by atoms with E-state index in [1.165, 1.54) is 70.6 Å². The molecule has 0 aromatic heterocycles. The molecule has 0 aliphatic rings. The first-order valence-electron chi connectivity index (χ1n) is 9.25. The molecule has 1 atom stereocenters. The lowest BCUT2D eigenvalue weighted by Crippen LogP contribution is -2.47. The van der Waals surface area contributed by atoms with Crippen LogP contribution in [0.5, 0.6) is 0 Å². The molecule has 0 aliphatic heterocycles. The molecule has 4 heteroatoms. The normalized spacial score (nSPS) is 14.0. The van der Waals surface area contributed by atoms with Gasteiger partial charge in [0.1, 0.15) is 0 Å². The van der Waals surface area contributed by atoms with Crippen LogP contribution in [0.1, 0.15) is 103 Å². The molecule has 4 nitrogen and oxygen atoms in total. The number of unbranched alkanes of at least 4 members (excludes halogenated alkanes) is 13. The molecule has 0 rings (SSSR count). The van der Waals surface area contributed by atoms with Gasteiger partial charge in [-0.2, -0.15) is 0 Å². The highest BCUT2D eigenvalue weighted by Gasteiger charge is 2.29. The molecule has 0 aromatic rings. The SMILES string of the molecule is CCCCCCCCCCCCCCCCC(N)(O)C(=O)O. The van der Waals surface area contributed by atoms with E-state index in [1.807, 2.05) is 0 Å². The van der Waals surface area contributed by atoms with Crippen molar-refractivity contribution in [2.24, 2.45) is 5.73 Å². The van der Waals surface area contributed by atoms with Gasteiger partial charge in [0.2, 0.25) is 5.72 Å². The Kier molecular flexibility index (Phi) is 13.6. The van der Waals surface area contributed by atoms with E-state index < -0.39 is 11.7 Å². The van der Waals surface area contributed by atoms with Crippen LogP contribution in [0.4, 0.5) is 0 Å². The molecule has 4 N–H and O–H groups in total. The second-order valence-corrected chi connectivity index (χ2v) is 6.58. The molecular formula is C18H37NO3. The zero-order chi connectivity index (χ0) is 16.7. The smallest absolute Gasteiger partial charge is 0.350 e. The fraction of sp³-hybridized carbons (Fsp3) is 0.944. The van der Waals surface area contributed by atoms with Gasteiger partial charge in [0.15, 0.2) is 0 Å². The first-order valence-corrected chi connectivity index (χ1v) is 9.25. The predicted molar refractivity (Wildman–Crippen MR) is 91.7 cm³/mol. The Bertz CT molecular complexity index is 267. The van der Waals surface area contributed by atoms with Crippen molar-refractivity contribution in [1.82, 2.24) is 0 Å². The van der Waals surface area contributed by atoms with Crippen molar-refractivity contribution in [2.75, 3.05) is 0 Å². The van der Waals surface area contributed by atoms with E-state index in [4.69, 9.17) is 10.8 Å². The van der Waals surface area contributed by atoms with Crippen molar-refractivity contribution in [2.45, 2.75) is 109 Å². The summed E-state index contributed by atoms with van der Waals surface area (Å²) in [5.41, 5.74) is 3.22. The Morgan fingerprint density at radius 1 is 0.773 bits per heavy atom. The van der Waals surface area contributed by atoms with Crippen LogP contribution in [-0.4, -0.2) is 21.9 Å². The summed E-state index contributed by atoms with van der Waals surface area (Å²) in [5.74, 6) is -1.33. The fourth-order valence-corrected chi connectivity index (χ4v) is 2.70. The highest BCUT2D eigenvalue weighted by Crippen LogP contribution is 2.15. The molecule has 0 amide bonds. The van der Waals surface area contributed by atoms with Crippen molar-refractivity contribution in [3.05, 3.63) is 0 Å². The Hall–Kier alpha value is -0.610. The topological polar surface area (TPSA) is 83.5 Å². The maximum atomic E-state index is 10.6. The fourth-order valence-electron chi connectivity index (χ4n) is 2.70. The van der Waals surface area contributed by atoms with E-state index in [2.05, 4.69) is 6.92 Å². The monoisotopic (exact) mass is 315 g/mol. The average molecular weight is 315 g/mol. The number of rotatable bonds is 16. The van der Waals surface area contributed by atoms with Crippen LogP contribution in [0.25, 0.3) is 0 Å². The van der Waals surface area contributed by atoms with Gasteiger partial charge in [-0.05, 0) is 6.42 Å². The predicted octanol–water partition coefficient (Wildman–Crippen LogP) is 4.59. The van der Waals surface area contributed by atoms with Gasteiger partial charge in [-0.15, -0.1) is 0 Å². The Morgan fingerprint density at radius 3 is 1.41 bits per heavy atom. The third-order valence-electron chi connectivity index (χ3n) is 4.28. The van der Waals surface area contributed by atoms with Crippen LogP contribution in [0.3, 0.4) is 0 Å². The molecule has 0 aromatic carbocycles. The highest BCUT2D eigenvalue weighted by molar-refractivity contribution is 5.75. The van der Waals surface area contributed by atoms with Crippen LogP contribution in [0, 0.1) is 0 Å². The van der Waals surface area contributed by atoms with Crippen molar-refractivity contribution in [1.29, 1.82) is 0 Å². The molecule has 0 heterocycles. The summed E-state index contributed by atoms with van der Waals surface area (Å²) in [6.45, 7) is 2.25. The number of carboxylic acid groups (broad SMARTS) is 1. The number of aliphatic hydroxyl groups is 1. The lowest BCUT2D eigenvalue weighted by molar-refractivity contribution is -0.158. The summed E-state index contributed by atoms with van der Waals surface area (Å²) < 4.78 is 0. The molecule has 0 saturated heterocycles. The van der Waals surface area contributed by atoms with Crippen LogP contribution >= 0.6 is 0 Å². The lowest BCUT2D eigenvalue weighted by Gasteiger charge is -2.16. The molecule has 0 saturated carbocycles. The molecule has 0 aliphatic carbocycles. The van der Waals surface area contributed by atoms with Crippen molar-refractivity contribution < 1.29 is 15.0 Å². The quantitative estimate of drug-likeness (QED) is 0.287. The second-order valence-electron chi connectivity index (χ2n) is 6.58. The van der Waals surface area contributed by atoms with Gasteiger partial charge in [0, 0.05) is 6.42 Å². The first-order chi connectivity index (χ1) is 10.5. The van der Waals surface area contributed by atoms with Gasteiger partial charge in [0.25, 0.3) is 0 Å². The lowest BCUT2D eigenvalue weighted by atomic mass is 10.0. The number of hydrogen-bond acceptors (Lipinski definition) is 3. The molecule has 132 valence electrons. The van der Waals surface area contributed by atoms with Gasteiger partial charge in [-0.1, -0.05) is 90.4 Å².